The summed E-state index contributed by atoms with van der Waals surface area (Å²) in [7, 11) is 0. The van der Waals surface area contributed by atoms with Gasteiger partial charge in [-0.1, -0.05) is 0 Å². The zero-order chi connectivity index (χ0) is 11.8. The van der Waals surface area contributed by atoms with Crippen molar-refractivity contribution < 1.29 is 23.4 Å². The summed E-state index contributed by atoms with van der Waals surface area (Å²) in [6, 6.07) is -0.294. The van der Waals surface area contributed by atoms with Crippen LogP contribution >= 0.6 is 0 Å². The summed E-state index contributed by atoms with van der Waals surface area (Å²) in [6.07, 6.45) is -4.37. The molecule has 0 saturated carbocycles. The predicted molar refractivity (Wildman–Crippen MR) is 50.7 cm³/mol. The van der Waals surface area contributed by atoms with Crippen LogP contribution < -0.4 is 5.32 Å². The highest BCUT2D eigenvalue weighted by Crippen LogP contribution is 2.00. The van der Waals surface area contributed by atoms with Gasteiger partial charge in [-0.2, -0.15) is 0 Å². The van der Waals surface area contributed by atoms with E-state index < -0.39 is 12.5 Å². The Bertz CT molecular complexity index is 190. The van der Waals surface area contributed by atoms with Gasteiger partial charge in [0, 0.05) is 12.6 Å². The number of aliphatic hydroxyl groups excluding tert-OH is 1. The monoisotopic (exact) mass is 225 g/mol. The zero-order valence-corrected chi connectivity index (χ0v) is 8.87. The van der Waals surface area contributed by atoms with Gasteiger partial charge in [-0.05, 0) is 13.8 Å². The average Bonchev–Trinajstić information content (AvgIpc) is 2.14. The first-order valence-corrected chi connectivity index (χ1v) is 4.82. The quantitative estimate of drug-likeness (QED) is 0.621. The first kappa shape index (κ1) is 14.2. The number of nitrogens with one attached hydrogen (secondary N) is 1. The summed E-state index contributed by atoms with van der Waals surface area (Å²) in [6.45, 7) is 3.41. The molecular weight excluding hydrogens is 208 g/mol. The molecule has 15 heavy (non-hydrogen) atoms. The minimum Gasteiger partial charge on any atom is -0.466 e. The number of carbonyl (C=O) groups excluding carboxylic acids is 1. The van der Waals surface area contributed by atoms with Crippen molar-refractivity contribution in [1.29, 1.82) is 0 Å². The Labute approximate surface area is 87.6 Å². The molecule has 6 heteroatoms. The maximum atomic E-state index is 11.9. The Morgan fingerprint density at radius 2 is 2.13 bits per heavy atom. The van der Waals surface area contributed by atoms with E-state index in [1.54, 1.807) is 13.8 Å². The fourth-order valence-corrected chi connectivity index (χ4v) is 0.953. The van der Waals surface area contributed by atoms with Crippen LogP contribution in [-0.2, 0) is 9.53 Å². The number of esters is 1. The number of halogens is 2. The van der Waals surface area contributed by atoms with Crippen LogP contribution in [0, 0.1) is 0 Å². The van der Waals surface area contributed by atoms with E-state index in [0.717, 1.165) is 0 Å². The lowest BCUT2D eigenvalue weighted by atomic mass is 10.2. The minimum atomic E-state index is -2.77. The highest BCUT2D eigenvalue weighted by atomic mass is 19.3. The van der Waals surface area contributed by atoms with E-state index in [4.69, 9.17) is 5.11 Å². The third kappa shape index (κ3) is 7.21. The van der Waals surface area contributed by atoms with Crippen LogP contribution in [0.15, 0.2) is 0 Å². The first-order chi connectivity index (χ1) is 6.97. The second-order valence-electron chi connectivity index (χ2n) is 3.22. The van der Waals surface area contributed by atoms with Gasteiger partial charge in [0.05, 0.1) is 13.0 Å². The molecule has 0 aromatic rings. The van der Waals surface area contributed by atoms with Crippen LogP contribution in [0.3, 0.4) is 0 Å². The highest BCUT2D eigenvalue weighted by Gasteiger charge is 2.18. The molecular formula is C9H17F2NO3. The molecule has 2 unspecified atom stereocenters. The number of carbonyl (C=O) groups is 1. The van der Waals surface area contributed by atoms with Crippen molar-refractivity contribution in [3.05, 3.63) is 0 Å². The molecule has 90 valence electrons. The van der Waals surface area contributed by atoms with Crippen molar-refractivity contribution in [2.45, 2.75) is 38.8 Å². The molecule has 0 rings (SSSR count). The van der Waals surface area contributed by atoms with Crippen molar-refractivity contribution in [2.24, 2.45) is 0 Å². The number of hydrogen-bond acceptors (Lipinski definition) is 4. The van der Waals surface area contributed by atoms with Gasteiger partial charge in [-0.3, -0.25) is 4.79 Å². The zero-order valence-electron chi connectivity index (χ0n) is 8.87. The molecule has 0 spiro atoms. The molecule has 0 aliphatic heterocycles. The first-order valence-electron chi connectivity index (χ1n) is 4.82. The van der Waals surface area contributed by atoms with Crippen molar-refractivity contribution in [2.75, 3.05) is 13.2 Å². The second kappa shape index (κ2) is 7.53. The van der Waals surface area contributed by atoms with Gasteiger partial charge >= 0.3 is 5.97 Å². The van der Waals surface area contributed by atoms with Crippen LogP contribution in [-0.4, -0.2) is 42.8 Å². The molecule has 0 aliphatic rings. The van der Waals surface area contributed by atoms with Crippen molar-refractivity contribution in [1.82, 2.24) is 5.32 Å². The van der Waals surface area contributed by atoms with E-state index in [0.29, 0.717) is 6.61 Å². The SMILES string of the molecule is CCOC(=O)CC(C)NCC(O)C(F)F. The van der Waals surface area contributed by atoms with Crippen LogP contribution in [0.4, 0.5) is 8.78 Å². The topological polar surface area (TPSA) is 58.6 Å². The molecule has 0 aliphatic carbocycles. The summed E-state index contributed by atoms with van der Waals surface area (Å²) in [4.78, 5) is 11.0. The summed E-state index contributed by atoms with van der Waals surface area (Å²) in [5.74, 6) is -0.385. The van der Waals surface area contributed by atoms with Crippen LogP contribution in [0.2, 0.25) is 0 Å². The maximum absolute atomic E-state index is 11.9. The second-order valence-corrected chi connectivity index (χ2v) is 3.22. The number of alkyl halides is 2. The Kier molecular flexibility index (Phi) is 7.15. The van der Waals surface area contributed by atoms with Crippen molar-refractivity contribution in [3.63, 3.8) is 0 Å². The lowest BCUT2D eigenvalue weighted by Gasteiger charge is -2.15. The third-order valence-corrected chi connectivity index (χ3v) is 1.74. The van der Waals surface area contributed by atoms with Gasteiger partial charge in [-0.25, -0.2) is 8.78 Å². The average molecular weight is 225 g/mol. The number of hydrogen-bond donors (Lipinski definition) is 2. The molecule has 0 amide bonds. The molecule has 4 nitrogen and oxygen atoms in total. The fourth-order valence-electron chi connectivity index (χ4n) is 0.953. The summed E-state index contributed by atoms with van der Waals surface area (Å²) in [5, 5.41) is 11.4. The van der Waals surface area contributed by atoms with E-state index in [1.807, 2.05) is 0 Å². The molecule has 0 aromatic carbocycles. The van der Waals surface area contributed by atoms with Crippen LogP contribution in [0.1, 0.15) is 20.3 Å². The maximum Gasteiger partial charge on any atom is 0.307 e. The smallest absolute Gasteiger partial charge is 0.307 e. The van der Waals surface area contributed by atoms with E-state index in [2.05, 4.69) is 10.1 Å². The molecule has 0 aromatic heterocycles. The number of rotatable bonds is 7. The summed E-state index contributed by atoms with van der Waals surface area (Å²) in [5.41, 5.74) is 0. The minimum absolute atomic E-state index is 0.101. The number of aliphatic hydroxyl groups is 1. The lowest BCUT2D eigenvalue weighted by Crippen LogP contribution is -2.38. The molecule has 0 bridgehead atoms. The molecule has 0 fully saturated rings. The fraction of sp³-hybridized carbons (Fsp3) is 0.889. The standard InChI is InChI=1S/C9H17F2NO3/c1-3-15-8(14)4-6(2)12-5-7(13)9(10)11/h6-7,9,12-13H,3-5H2,1-2H3. The van der Waals surface area contributed by atoms with Gasteiger partial charge in [0.25, 0.3) is 6.43 Å². The highest BCUT2D eigenvalue weighted by molar-refractivity contribution is 5.69. The molecule has 0 saturated heterocycles. The Hall–Kier alpha value is -0.750. The summed E-state index contributed by atoms with van der Waals surface area (Å²) < 4.78 is 28.4. The molecule has 0 heterocycles. The van der Waals surface area contributed by atoms with Gasteiger partial charge < -0.3 is 15.2 Å². The van der Waals surface area contributed by atoms with Gasteiger partial charge in [-0.15, -0.1) is 0 Å². The summed E-state index contributed by atoms with van der Waals surface area (Å²) >= 11 is 0. The molecule has 0 radical (unpaired) electrons. The van der Waals surface area contributed by atoms with E-state index >= 15 is 0 Å². The number of ether oxygens (including phenoxy) is 1. The van der Waals surface area contributed by atoms with Crippen molar-refractivity contribution in [3.8, 4) is 0 Å². The van der Waals surface area contributed by atoms with Crippen LogP contribution in [0.25, 0.3) is 0 Å². The van der Waals surface area contributed by atoms with E-state index in [-0.39, 0.29) is 25.0 Å². The Balaban J connectivity index is 3.65. The third-order valence-electron chi connectivity index (χ3n) is 1.74. The Morgan fingerprint density at radius 1 is 1.53 bits per heavy atom. The molecule has 2 atom stereocenters. The largest absolute Gasteiger partial charge is 0.466 e. The van der Waals surface area contributed by atoms with Crippen LogP contribution in [0.5, 0.6) is 0 Å². The lowest BCUT2D eigenvalue weighted by molar-refractivity contribution is -0.143. The normalized spacial score (nSPS) is 15.1. The van der Waals surface area contributed by atoms with Gasteiger partial charge in [0.15, 0.2) is 0 Å². The van der Waals surface area contributed by atoms with Gasteiger partial charge in [0.1, 0.15) is 6.10 Å². The molecule has 2 N–H and O–H groups in total. The van der Waals surface area contributed by atoms with Gasteiger partial charge in [0.2, 0.25) is 0 Å². The van der Waals surface area contributed by atoms with E-state index in [9.17, 15) is 13.6 Å². The predicted octanol–water partition coefficient (Wildman–Crippen LogP) is 0.544. The Morgan fingerprint density at radius 3 is 2.60 bits per heavy atom. The van der Waals surface area contributed by atoms with E-state index in [1.165, 1.54) is 0 Å². The van der Waals surface area contributed by atoms with Crippen molar-refractivity contribution >= 4 is 5.97 Å².